The average Bonchev–Trinajstić information content (AvgIpc) is 2.96. The van der Waals surface area contributed by atoms with E-state index in [0.717, 1.165) is 24.3 Å². The van der Waals surface area contributed by atoms with Crippen LogP contribution in [0.4, 0.5) is 0 Å². The summed E-state index contributed by atoms with van der Waals surface area (Å²) in [6.45, 7) is 0.605. The fraction of sp³-hybridized carbons (Fsp3) is 0.444. The maximum Gasteiger partial charge on any atom is 0.402 e. The van der Waals surface area contributed by atoms with Crippen LogP contribution in [-0.2, 0) is 14.2 Å². The highest BCUT2D eigenvalue weighted by molar-refractivity contribution is 5.88. The normalized spacial score (nSPS) is 32.2. The zero-order chi connectivity index (χ0) is 31.3. The van der Waals surface area contributed by atoms with E-state index in [1.54, 1.807) is 0 Å². The van der Waals surface area contributed by atoms with Gasteiger partial charge < -0.3 is 87.5 Å². The summed E-state index contributed by atoms with van der Waals surface area (Å²) < 4.78 is 28.7. The van der Waals surface area contributed by atoms with Crippen LogP contribution in [0.5, 0.6) is 34.5 Å². The summed E-state index contributed by atoms with van der Waals surface area (Å²) in [5.41, 5.74) is -0.176. The molecule has 11 N–H and O–H groups in total. The van der Waals surface area contributed by atoms with Gasteiger partial charge in [-0.1, -0.05) is 0 Å². The molecule has 0 spiro atoms. The summed E-state index contributed by atoms with van der Waals surface area (Å²) in [5.74, 6) is -3.72. The Morgan fingerprint density at radius 2 is 1.41 bits per heavy atom. The first-order valence-electron chi connectivity index (χ1n) is 13.0. The smallest absolute Gasteiger partial charge is 0.402 e. The SMILES string of the molecule is C[C@@H]1O[C@@H](O[C@H]2[C@H](Oc3cc4c(O)cc(O)cc4[o+]c3-c3cc(O)c(O)c(O)c3)O[C@H](CO)[C@@H](O)[C@@H]2O)[C@H](O)[C@H](O)[C@H]1O.[Cl-]. The van der Waals surface area contributed by atoms with Gasteiger partial charge in [0.05, 0.1) is 24.3 Å². The molecule has 2 fully saturated rings. The molecule has 17 heteroatoms. The standard InChI is InChI=1S/C27H30O16.ClH/c1-8-18(33)21(36)23(38)26(39-8)43-25-22(37)20(35)17(7-28)42-27(25)41-16-6-11-12(30)4-10(29)5-15(11)40-24(16)9-2-13(31)19(34)14(32)3-9;/h2-6,8,17-18,20-23,25-28,33,35-38H,7H2,1H3,(H4-,29,30,31,32,34);1H/t8-,17+,18-,20+,21+,22-,23+,25+,26-,27+;/m0./s1. The predicted molar refractivity (Wildman–Crippen MR) is 140 cm³/mol. The van der Waals surface area contributed by atoms with E-state index in [4.69, 9.17) is 23.4 Å². The molecule has 5 rings (SSSR count). The molecular formula is C27H31ClO16. The third-order valence-electron chi connectivity index (χ3n) is 7.32. The molecule has 1 aromatic heterocycles. The zero-order valence-corrected chi connectivity index (χ0v) is 23.5. The molecule has 10 atom stereocenters. The number of rotatable bonds is 6. The zero-order valence-electron chi connectivity index (χ0n) is 22.7. The number of halogens is 1. The molecule has 44 heavy (non-hydrogen) atoms. The van der Waals surface area contributed by atoms with Crippen LogP contribution in [0.25, 0.3) is 22.3 Å². The Hall–Kier alpha value is -3.42. The van der Waals surface area contributed by atoms with Crippen LogP contribution in [0.15, 0.2) is 34.7 Å². The maximum absolute atomic E-state index is 10.9. The van der Waals surface area contributed by atoms with Gasteiger partial charge in [0.1, 0.15) is 53.5 Å². The van der Waals surface area contributed by atoms with Crippen LogP contribution in [0.1, 0.15) is 6.92 Å². The highest BCUT2D eigenvalue weighted by Gasteiger charge is 2.51. The van der Waals surface area contributed by atoms with E-state index in [1.807, 2.05) is 0 Å². The molecule has 2 aromatic carbocycles. The van der Waals surface area contributed by atoms with E-state index in [1.165, 1.54) is 13.0 Å². The molecule has 0 saturated carbocycles. The van der Waals surface area contributed by atoms with E-state index in [2.05, 4.69) is 0 Å². The quantitative estimate of drug-likeness (QED) is 0.0898. The molecule has 0 unspecified atom stereocenters. The van der Waals surface area contributed by atoms with Crippen molar-refractivity contribution in [2.24, 2.45) is 0 Å². The third kappa shape index (κ3) is 6.09. The van der Waals surface area contributed by atoms with Gasteiger partial charge in [-0.3, -0.25) is 0 Å². The van der Waals surface area contributed by atoms with Crippen molar-refractivity contribution in [3.63, 3.8) is 0 Å². The van der Waals surface area contributed by atoms with Crippen LogP contribution in [0, 0.1) is 0 Å². The lowest BCUT2D eigenvalue weighted by atomic mass is 9.97. The van der Waals surface area contributed by atoms with E-state index in [0.29, 0.717) is 0 Å². The number of phenolic OH excluding ortho intramolecular Hbond substituents is 5. The molecule has 0 amide bonds. The minimum Gasteiger partial charge on any atom is -1.00 e. The minimum absolute atomic E-state index is 0. The molecular weight excluding hydrogens is 616 g/mol. The van der Waals surface area contributed by atoms with Crippen molar-refractivity contribution in [3.8, 4) is 45.8 Å². The largest absolute Gasteiger partial charge is 1.00 e. The molecule has 0 aliphatic carbocycles. The Kier molecular flexibility index (Phi) is 9.81. The van der Waals surface area contributed by atoms with E-state index in [-0.39, 0.29) is 46.2 Å². The van der Waals surface area contributed by atoms with Crippen LogP contribution in [0.2, 0.25) is 0 Å². The summed E-state index contributed by atoms with van der Waals surface area (Å²) in [4.78, 5) is 0. The van der Waals surface area contributed by atoms with Crippen molar-refractivity contribution in [3.05, 3.63) is 30.3 Å². The van der Waals surface area contributed by atoms with Gasteiger partial charge in [0.2, 0.25) is 12.0 Å². The molecule has 0 bridgehead atoms. The first-order valence-corrected chi connectivity index (χ1v) is 13.0. The lowest BCUT2D eigenvalue weighted by Crippen LogP contribution is -3.00. The Labute approximate surface area is 254 Å². The van der Waals surface area contributed by atoms with Crippen molar-refractivity contribution >= 4 is 11.0 Å². The van der Waals surface area contributed by atoms with Crippen LogP contribution < -0.4 is 17.1 Å². The molecule has 2 aliphatic rings. The second-order valence-electron chi connectivity index (χ2n) is 10.3. The van der Waals surface area contributed by atoms with E-state index in [9.17, 15) is 56.2 Å². The summed E-state index contributed by atoms with van der Waals surface area (Å²) in [6.07, 6.45) is -16.1. The van der Waals surface area contributed by atoms with E-state index >= 15 is 0 Å². The summed E-state index contributed by atoms with van der Waals surface area (Å²) >= 11 is 0. The van der Waals surface area contributed by atoms with Gasteiger partial charge in [-0.15, -0.1) is 0 Å². The van der Waals surface area contributed by atoms with Crippen LogP contribution >= 0.6 is 0 Å². The van der Waals surface area contributed by atoms with Gasteiger partial charge >= 0.3 is 11.3 Å². The summed E-state index contributed by atoms with van der Waals surface area (Å²) in [7, 11) is 0. The molecule has 3 heterocycles. The lowest BCUT2D eigenvalue weighted by molar-refractivity contribution is -0.354. The Bertz CT molecular complexity index is 1460. The first kappa shape index (κ1) is 33.5. The molecule has 0 radical (unpaired) electrons. The minimum atomic E-state index is -1.85. The number of ether oxygens (including phenoxy) is 4. The van der Waals surface area contributed by atoms with Crippen molar-refractivity contribution in [2.45, 2.75) is 68.3 Å². The molecule has 242 valence electrons. The molecule has 16 nitrogen and oxygen atoms in total. The highest BCUT2D eigenvalue weighted by Crippen LogP contribution is 2.45. The van der Waals surface area contributed by atoms with Gasteiger partial charge in [-0.2, -0.15) is 0 Å². The average molecular weight is 647 g/mol. The number of hydrogen-bond donors (Lipinski definition) is 11. The fourth-order valence-electron chi connectivity index (χ4n) is 4.91. The number of hydrogen-bond acceptors (Lipinski definition) is 15. The van der Waals surface area contributed by atoms with Crippen molar-refractivity contribution < 1.29 is 91.9 Å². The predicted octanol–water partition coefficient (Wildman–Crippen LogP) is -4.06. The number of benzene rings is 2. The molecule has 2 aliphatic heterocycles. The fourth-order valence-corrected chi connectivity index (χ4v) is 4.91. The maximum atomic E-state index is 10.9. The highest BCUT2D eigenvalue weighted by atomic mass is 35.5. The second kappa shape index (κ2) is 12.9. The van der Waals surface area contributed by atoms with Gasteiger partial charge in [0, 0.05) is 24.3 Å². The van der Waals surface area contributed by atoms with Gasteiger partial charge in [-0.05, 0) is 6.92 Å². The number of aliphatic hydroxyl groups is 6. The van der Waals surface area contributed by atoms with Gasteiger partial charge in [0.25, 0.3) is 0 Å². The van der Waals surface area contributed by atoms with E-state index < -0.39 is 91.0 Å². The number of fused-ring (bicyclic) bond motifs is 1. The topological polar surface area (TPSA) is 271 Å². The van der Waals surface area contributed by atoms with Gasteiger partial charge in [-0.25, -0.2) is 4.42 Å². The van der Waals surface area contributed by atoms with Gasteiger partial charge in [0.15, 0.2) is 29.6 Å². The molecule has 2 saturated heterocycles. The monoisotopic (exact) mass is 646 g/mol. The first-order chi connectivity index (χ1) is 20.3. The Morgan fingerprint density at radius 3 is 2.05 bits per heavy atom. The van der Waals surface area contributed by atoms with Crippen molar-refractivity contribution in [1.82, 2.24) is 0 Å². The number of aliphatic hydroxyl groups excluding tert-OH is 6. The van der Waals surface area contributed by atoms with Crippen LogP contribution in [-0.4, -0.2) is 124 Å². The molecule has 3 aromatic rings. The summed E-state index contributed by atoms with van der Waals surface area (Å²) in [6, 6.07) is 5.37. The van der Waals surface area contributed by atoms with Crippen LogP contribution in [0.3, 0.4) is 0 Å². The van der Waals surface area contributed by atoms with Crippen molar-refractivity contribution in [2.75, 3.05) is 6.61 Å². The number of phenols is 5. The Balaban J connectivity index is 0.00000442. The second-order valence-corrected chi connectivity index (χ2v) is 10.3. The lowest BCUT2D eigenvalue weighted by Gasteiger charge is -2.45. The summed E-state index contributed by atoms with van der Waals surface area (Å²) in [5, 5.41) is 112. The number of aromatic hydroxyl groups is 5. The van der Waals surface area contributed by atoms with Crippen molar-refractivity contribution in [1.29, 1.82) is 0 Å². The Morgan fingerprint density at radius 1 is 0.750 bits per heavy atom. The third-order valence-corrected chi connectivity index (χ3v) is 7.32.